The van der Waals surface area contributed by atoms with Crippen molar-refractivity contribution in [1.29, 1.82) is 0 Å². The van der Waals surface area contributed by atoms with E-state index >= 15 is 0 Å². The number of anilines is 1. The topological polar surface area (TPSA) is 64.9 Å². The van der Waals surface area contributed by atoms with E-state index in [0.29, 0.717) is 27.0 Å². The van der Waals surface area contributed by atoms with E-state index in [1.54, 1.807) is 44.6 Å². The van der Waals surface area contributed by atoms with Crippen LogP contribution in [0.4, 0.5) is 10.1 Å². The van der Waals surface area contributed by atoms with Crippen molar-refractivity contribution in [2.75, 3.05) is 19.5 Å². The summed E-state index contributed by atoms with van der Waals surface area (Å²) in [5, 5.41) is 2.88. The van der Waals surface area contributed by atoms with Gasteiger partial charge in [-0.2, -0.15) is 0 Å². The predicted molar refractivity (Wildman–Crippen MR) is 111 cm³/mol. The highest BCUT2D eigenvalue weighted by atomic mass is 32.1. The minimum atomic E-state index is -0.292. The van der Waals surface area contributed by atoms with E-state index in [1.165, 1.54) is 23.5 Å². The number of imidazole rings is 1. The van der Waals surface area contributed by atoms with E-state index in [4.69, 9.17) is 9.47 Å². The summed E-state index contributed by atoms with van der Waals surface area (Å²) >= 11 is 1.30. The number of nitrogens with zero attached hydrogens (tertiary/aromatic N) is 2. The molecule has 0 aliphatic carbocycles. The maximum Gasteiger partial charge on any atom is 0.267 e. The Labute approximate surface area is 170 Å². The SMILES string of the molecule is COc1ccc(NC(=O)c2sc3nc(-c4ccc(F)cc4)cn3c2C)cc1OC. The molecule has 148 valence electrons. The van der Waals surface area contributed by atoms with Crippen molar-refractivity contribution in [2.45, 2.75) is 6.92 Å². The molecule has 0 unspecified atom stereocenters. The zero-order valence-corrected chi connectivity index (χ0v) is 16.8. The fourth-order valence-corrected chi connectivity index (χ4v) is 4.03. The van der Waals surface area contributed by atoms with E-state index in [-0.39, 0.29) is 11.7 Å². The average Bonchev–Trinajstić information content (AvgIpc) is 3.28. The van der Waals surface area contributed by atoms with Crippen LogP contribution in [0, 0.1) is 12.7 Å². The number of benzene rings is 2. The Morgan fingerprint density at radius 1 is 1.10 bits per heavy atom. The third kappa shape index (κ3) is 3.54. The van der Waals surface area contributed by atoms with Gasteiger partial charge < -0.3 is 14.8 Å². The molecule has 8 heteroatoms. The van der Waals surface area contributed by atoms with Crippen LogP contribution in [-0.2, 0) is 0 Å². The lowest BCUT2D eigenvalue weighted by atomic mass is 10.2. The Kier molecular flexibility index (Phi) is 4.94. The van der Waals surface area contributed by atoms with Crippen LogP contribution in [0.1, 0.15) is 15.4 Å². The first-order valence-corrected chi connectivity index (χ1v) is 9.59. The summed E-state index contributed by atoms with van der Waals surface area (Å²) in [5.41, 5.74) is 2.93. The molecule has 2 heterocycles. The van der Waals surface area contributed by atoms with Crippen molar-refractivity contribution < 1.29 is 18.7 Å². The van der Waals surface area contributed by atoms with E-state index in [2.05, 4.69) is 10.3 Å². The molecule has 0 saturated carbocycles. The first-order chi connectivity index (χ1) is 14.0. The van der Waals surface area contributed by atoms with Gasteiger partial charge in [0.15, 0.2) is 16.5 Å². The molecule has 0 aliphatic heterocycles. The second-order valence-electron chi connectivity index (χ2n) is 6.33. The molecule has 1 amide bonds. The summed E-state index contributed by atoms with van der Waals surface area (Å²) in [6, 6.07) is 11.4. The largest absolute Gasteiger partial charge is 0.493 e. The first kappa shape index (κ1) is 18.9. The summed E-state index contributed by atoms with van der Waals surface area (Å²) in [6.07, 6.45) is 1.85. The van der Waals surface area contributed by atoms with Crippen molar-refractivity contribution >= 4 is 27.9 Å². The maximum atomic E-state index is 13.1. The molecule has 0 aliphatic rings. The van der Waals surface area contributed by atoms with Crippen molar-refractivity contribution in [3.8, 4) is 22.8 Å². The van der Waals surface area contributed by atoms with Crippen molar-refractivity contribution in [1.82, 2.24) is 9.38 Å². The lowest BCUT2D eigenvalue weighted by Crippen LogP contribution is -2.12. The van der Waals surface area contributed by atoms with Crippen LogP contribution in [-0.4, -0.2) is 29.5 Å². The second-order valence-corrected chi connectivity index (χ2v) is 7.30. The number of rotatable bonds is 5. The monoisotopic (exact) mass is 411 g/mol. The van der Waals surface area contributed by atoms with Crippen LogP contribution >= 0.6 is 11.3 Å². The van der Waals surface area contributed by atoms with Gasteiger partial charge in [0.05, 0.1) is 19.9 Å². The number of halogens is 1. The van der Waals surface area contributed by atoms with Crippen LogP contribution in [0.15, 0.2) is 48.7 Å². The minimum Gasteiger partial charge on any atom is -0.493 e. The fraction of sp³-hybridized carbons (Fsp3) is 0.143. The van der Waals surface area contributed by atoms with Gasteiger partial charge in [-0.25, -0.2) is 9.37 Å². The molecular weight excluding hydrogens is 393 g/mol. The Bertz CT molecular complexity index is 1200. The number of carbonyl (C=O) groups excluding carboxylic acids is 1. The summed E-state index contributed by atoms with van der Waals surface area (Å²) in [4.78, 5) is 18.6. The zero-order valence-electron chi connectivity index (χ0n) is 16.0. The lowest BCUT2D eigenvalue weighted by molar-refractivity contribution is 0.102. The van der Waals surface area contributed by atoms with E-state index in [1.807, 2.05) is 17.5 Å². The van der Waals surface area contributed by atoms with Crippen LogP contribution < -0.4 is 14.8 Å². The van der Waals surface area contributed by atoms with Crippen LogP contribution in [0.2, 0.25) is 0 Å². The minimum absolute atomic E-state index is 0.228. The number of methoxy groups -OCH3 is 2. The smallest absolute Gasteiger partial charge is 0.267 e. The van der Waals surface area contributed by atoms with Gasteiger partial charge in [-0.15, -0.1) is 0 Å². The second kappa shape index (κ2) is 7.56. The maximum absolute atomic E-state index is 13.1. The number of hydrogen-bond donors (Lipinski definition) is 1. The summed E-state index contributed by atoms with van der Waals surface area (Å²) in [5.74, 6) is 0.602. The summed E-state index contributed by atoms with van der Waals surface area (Å²) < 4.78 is 25.5. The first-order valence-electron chi connectivity index (χ1n) is 8.78. The van der Waals surface area contributed by atoms with Crippen molar-refractivity contribution in [3.63, 3.8) is 0 Å². The average molecular weight is 411 g/mol. The Morgan fingerprint density at radius 3 is 2.48 bits per heavy atom. The Hall–Kier alpha value is -3.39. The van der Waals surface area contributed by atoms with Gasteiger partial charge in [-0.3, -0.25) is 9.20 Å². The third-order valence-corrected chi connectivity index (χ3v) is 5.70. The highest BCUT2D eigenvalue weighted by Gasteiger charge is 2.19. The highest BCUT2D eigenvalue weighted by molar-refractivity contribution is 7.19. The lowest BCUT2D eigenvalue weighted by Gasteiger charge is -2.10. The number of carbonyl (C=O) groups is 1. The van der Waals surface area contributed by atoms with E-state index < -0.39 is 0 Å². The molecule has 0 spiro atoms. The van der Waals surface area contributed by atoms with Gasteiger partial charge in [-0.1, -0.05) is 11.3 Å². The number of hydrogen-bond acceptors (Lipinski definition) is 5. The standard InChI is InChI=1S/C21H18FN3O3S/c1-12-19(20(26)23-15-8-9-17(27-2)18(10-15)28-3)29-21-24-16(11-25(12)21)13-4-6-14(22)7-5-13/h4-11H,1-3H3,(H,23,26). The number of fused-ring (bicyclic) bond motifs is 1. The molecule has 1 N–H and O–H groups in total. The third-order valence-electron chi connectivity index (χ3n) is 4.54. The zero-order chi connectivity index (χ0) is 20.5. The molecule has 6 nitrogen and oxygen atoms in total. The number of amides is 1. The van der Waals surface area contributed by atoms with Crippen LogP contribution in [0.5, 0.6) is 11.5 Å². The van der Waals surface area contributed by atoms with Crippen molar-refractivity contribution in [2.24, 2.45) is 0 Å². The normalized spacial score (nSPS) is 10.9. The molecule has 0 fully saturated rings. The van der Waals surface area contributed by atoms with Gasteiger partial charge in [0.2, 0.25) is 0 Å². The van der Waals surface area contributed by atoms with Crippen LogP contribution in [0.3, 0.4) is 0 Å². The van der Waals surface area contributed by atoms with Crippen LogP contribution in [0.25, 0.3) is 16.2 Å². The molecule has 29 heavy (non-hydrogen) atoms. The fourth-order valence-electron chi connectivity index (χ4n) is 3.02. The number of ether oxygens (including phenoxy) is 2. The van der Waals surface area contributed by atoms with Gasteiger partial charge in [-0.05, 0) is 43.3 Å². The highest BCUT2D eigenvalue weighted by Crippen LogP contribution is 2.31. The Balaban J connectivity index is 1.61. The number of aromatic nitrogens is 2. The van der Waals surface area contributed by atoms with Gasteiger partial charge in [0.1, 0.15) is 10.7 Å². The number of thiazole rings is 1. The Morgan fingerprint density at radius 2 is 1.83 bits per heavy atom. The summed E-state index contributed by atoms with van der Waals surface area (Å²) in [6.45, 7) is 1.86. The molecule has 0 bridgehead atoms. The van der Waals surface area contributed by atoms with Gasteiger partial charge in [0.25, 0.3) is 5.91 Å². The molecule has 2 aromatic carbocycles. The molecule has 0 atom stereocenters. The predicted octanol–water partition coefficient (Wildman–Crippen LogP) is 4.78. The van der Waals surface area contributed by atoms with Gasteiger partial charge >= 0.3 is 0 Å². The van der Waals surface area contributed by atoms with Gasteiger partial charge in [0, 0.05) is 29.2 Å². The summed E-state index contributed by atoms with van der Waals surface area (Å²) in [7, 11) is 3.10. The molecular formula is C21H18FN3O3S. The van der Waals surface area contributed by atoms with E-state index in [9.17, 15) is 9.18 Å². The molecule has 4 aromatic rings. The molecule has 0 radical (unpaired) electrons. The van der Waals surface area contributed by atoms with E-state index in [0.717, 1.165) is 17.0 Å². The molecule has 0 saturated heterocycles. The number of nitrogens with one attached hydrogen (secondary N) is 1. The number of aryl methyl sites for hydroxylation is 1. The quantitative estimate of drug-likeness (QED) is 0.513. The van der Waals surface area contributed by atoms with Crippen molar-refractivity contribution in [3.05, 3.63) is 65.0 Å². The molecule has 4 rings (SSSR count). The molecule has 2 aromatic heterocycles.